The molecule has 0 aliphatic carbocycles. The summed E-state index contributed by atoms with van der Waals surface area (Å²) >= 11 is 1.52. The van der Waals surface area contributed by atoms with Crippen molar-refractivity contribution < 1.29 is 9.53 Å². The van der Waals surface area contributed by atoms with Gasteiger partial charge in [-0.1, -0.05) is 0 Å². The first-order chi connectivity index (χ1) is 10.8. The number of nitrogens with zero attached hydrogens (tertiary/aromatic N) is 4. The number of fused-ring (bicyclic) bond motifs is 1. The molecule has 0 radical (unpaired) electrons. The molecule has 0 N–H and O–H groups in total. The Labute approximate surface area is 131 Å². The van der Waals surface area contributed by atoms with Crippen LogP contribution in [0.25, 0.3) is 16.2 Å². The van der Waals surface area contributed by atoms with Crippen LogP contribution >= 0.6 is 11.3 Å². The van der Waals surface area contributed by atoms with E-state index in [0.717, 1.165) is 16.2 Å². The molecule has 7 heteroatoms. The van der Waals surface area contributed by atoms with E-state index in [1.54, 1.807) is 17.3 Å². The number of imidazole rings is 1. The van der Waals surface area contributed by atoms with Gasteiger partial charge in [-0.25, -0.2) is 4.98 Å². The Bertz CT molecular complexity index is 805. The summed E-state index contributed by atoms with van der Waals surface area (Å²) in [6, 6.07) is 3.80. The van der Waals surface area contributed by atoms with E-state index >= 15 is 0 Å². The molecule has 4 heterocycles. The number of hydrogen-bond acceptors (Lipinski definition) is 5. The van der Waals surface area contributed by atoms with E-state index in [1.165, 1.54) is 11.3 Å². The molecule has 0 aromatic carbocycles. The second-order valence-corrected chi connectivity index (χ2v) is 5.88. The highest BCUT2D eigenvalue weighted by Crippen LogP contribution is 2.28. The number of hydrogen-bond donors (Lipinski definition) is 0. The highest BCUT2D eigenvalue weighted by molar-refractivity contribution is 7.15. The van der Waals surface area contributed by atoms with Crippen LogP contribution in [0.3, 0.4) is 0 Å². The van der Waals surface area contributed by atoms with E-state index in [9.17, 15) is 4.79 Å². The summed E-state index contributed by atoms with van der Waals surface area (Å²) in [7, 11) is 0. The van der Waals surface area contributed by atoms with Crippen LogP contribution in [0, 0.1) is 0 Å². The summed E-state index contributed by atoms with van der Waals surface area (Å²) in [4.78, 5) is 24.1. The number of rotatable bonds is 2. The minimum absolute atomic E-state index is 0.0361. The summed E-state index contributed by atoms with van der Waals surface area (Å²) in [5.41, 5.74) is 2.27. The van der Waals surface area contributed by atoms with Crippen molar-refractivity contribution in [3.63, 3.8) is 0 Å². The molecule has 0 unspecified atom stereocenters. The first kappa shape index (κ1) is 13.4. The molecule has 0 bridgehead atoms. The summed E-state index contributed by atoms with van der Waals surface area (Å²) in [5, 5.41) is 1.97. The molecule has 4 rings (SSSR count). The number of thiazole rings is 1. The normalized spacial score (nSPS) is 15.4. The SMILES string of the molecule is O=C(c1nc2sccn2c1-c1ccncc1)N1CCOCC1. The van der Waals surface area contributed by atoms with Crippen LogP contribution in [0.4, 0.5) is 0 Å². The van der Waals surface area contributed by atoms with Gasteiger partial charge in [0.1, 0.15) is 0 Å². The largest absolute Gasteiger partial charge is 0.378 e. The van der Waals surface area contributed by atoms with E-state index < -0.39 is 0 Å². The molecule has 3 aromatic rings. The highest BCUT2D eigenvalue weighted by Gasteiger charge is 2.26. The zero-order chi connectivity index (χ0) is 14.9. The van der Waals surface area contributed by atoms with Gasteiger partial charge in [0.15, 0.2) is 10.7 Å². The Morgan fingerprint density at radius 1 is 1.23 bits per heavy atom. The average Bonchev–Trinajstić information content (AvgIpc) is 3.16. The van der Waals surface area contributed by atoms with Crippen molar-refractivity contribution in [2.75, 3.05) is 26.3 Å². The molecule has 6 nitrogen and oxygen atoms in total. The number of morpholine rings is 1. The third-order valence-corrected chi connectivity index (χ3v) is 4.47. The molecule has 1 fully saturated rings. The molecule has 3 aromatic heterocycles. The van der Waals surface area contributed by atoms with Crippen LogP contribution < -0.4 is 0 Å². The molecule has 1 saturated heterocycles. The van der Waals surface area contributed by atoms with E-state index in [-0.39, 0.29) is 5.91 Å². The standard InChI is InChI=1S/C15H14N4O2S/c20-14(18-5-8-21-9-6-18)12-13(11-1-3-16-4-2-11)19-7-10-22-15(19)17-12/h1-4,7,10H,5-6,8-9H2. The summed E-state index contributed by atoms with van der Waals surface area (Å²) < 4.78 is 7.28. The molecule has 1 aliphatic heterocycles. The maximum absolute atomic E-state index is 12.8. The van der Waals surface area contributed by atoms with Gasteiger partial charge in [-0.05, 0) is 12.1 Å². The lowest BCUT2D eigenvalue weighted by atomic mass is 10.1. The predicted molar refractivity (Wildman–Crippen MR) is 83.0 cm³/mol. The third-order valence-electron chi connectivity index (χ3n) is 3.72. The van der Waals surface area contributed by atoms with Gasteiger partial charge in [0.2, 0.25) is 0 Å². The van der Waals surface area contributed by atoms with Gasteiger partial charge < -0.3 is 9.64 Å². The number of ether oxygens (including phenoxy) is 1. The van der Waals surface area contributed by atoms with Crippen molar-refractivity contribution in [3.05, 3.63) is 41.8 Å². The average molecular weight is 314 g/mol. The number of aromatic nitrogens is 3. The number of carbonyl (C=O) groups excluding carboxylic acids is 1. The summed E-state index contributed by atoms with van der Waals surface area (Å²) in [6.07, 6.45) is 5.40. The van der Waals surface area contributed by atoms with Crippen LogP contribution in [0.2, 0.25) is 0 Å². The lowest BCUT2D eigenvalue weighted by Gasteiger charge is -2.26. The summed E-state index contributed by atoms with van der Waals surface area (Å²) in [5.74, 6) is -0.0361. The Morgan fingerprint density at radius 3 is 2.77 bits per heavy atom. The number of carbonyl (C=O) groups is 1. The van der Waals surface area contributed by atoms with Crippen LogP contribution in [-0.2, 0) is 4.74 Å². The smallest absolute Gasteiger partial charge is 0.274 e. The second kappa shape index (κ2) is 5.51. The first-order valence-corrected chi connectivity index (χ1v) is 7.95. The molecular weight excluding hydrogens is 300 g/mol. The van der Waals surface area contributed by atoms with E-state index in [0.29, 0.717) is 32.0 Å². The van der Waals surface area contributed by atoms with Gasteiger partial charge in [0, 0.05) is 42.6 Å². The zero-order valence-electron chi connectivity index (χ0n) is 11.8. The number of amides is 1. The Balaban J connectivity index is 1.83. The van der Waals surface area contributed by atoms with E-state index in [2.05, 4.69) is 9.97 Å². The van der Waals surface area contributed by atoms with Crippen LogP contribution in [0.15, 0.2) is 36.1 Å². The predicted octanol–water partition coefficient (Wildman–Crippen LogP) is 1.93. The number of pyridine rings is 1. The van der Waals surface area contributed by atoms with Gasteiger partial charge in [-0.3, -0.25) is 14.2 Å². The minimum Gasteiger partial charge on any atom is -0.378 e. The van der Waals surface area contributed by atoms with Gasteiger partial charge in [0.25, 0.3) is 5.91 Å². The van der Waals surface area contributed by atoms with Crippen molar-refractivity contribution >= 4 is 22.2 Å². The van der Waals surface area contributed by atoms with Crippen molar-refractivity contribution in [2.24, 2.45) is 0 Å². The molecule has 0 saturated carbocycles. The molecule has 1 aliphatic rings. The fourth-order valence-electron chi connectivity index (χ4n) is 2.64. The fraction of sp³-hybridized carbons (Fsp3) is 0.267. The zero-order valence-corrected chi connectivity index (χ0v) is 12.6. The van der Waals surface area contributed by atoms with Gasteiger partial charge in [-0.15, -0.1) is 11.3 Å². The summed E-state index contributed by atoms with van der Waals surface area (Å²) in [6.45, 7) is 2.39. The Kier molecular flexibility index (Phi) is 3.36. The van der Waals surface area contributed by atoms with Crippen LogP contribution in [0.5, 0.6) is 0 Å². The fourth-order valence-corrected chi connectivity index (χ4v) is 3.35. The van der Waals surface area contributed by atoms with Crippen LogP contribution in [0.1, 0.15) is 10.5 Å². The van der Waals surface area contributed by atoms with E-state index in [1.807, 2.05) is 28.1 Å². The Hall–Kier alpha value is -2.25. The van der Waals surface area contributed by atoms with Crippen molar-refractivity contribution in [1.82, 2.24) is 19.3 Å². The molecular formula is C15H14N4O2S. The topological polar surface area (TPSA) is 59.7 Å². The molecule has 112 valence electrons. The lowest BCUT2D eigenvalue weighted by Crippen LogP contribution is -2.41. The molecule has 1 amide bonds. The first-order valence-electron chi connectivity index (χ1n) is 7.07. The maximum Gasteiger partial charge on any atom is 0.274 e. The minimum atomic E-state index is -0.0361. The van der Waals surface area contributed by atoms with Crippen molar-refractivity contribution in [3.8, 4) is 11.3 Å². The highest BCUT2D eigenvalue weighted by atomic mass is 32.1. The quantitative estimate of drug-likeness (QED) is 0.725. The van der Waals surface area contributed by atoms with Gasteiger partial charge >= 0.3 is 0 Å². The molecule has 22 heavy (non-hydrogen) atoms. The van der Waals surface area contributed by atoms with Crippen LogP contribution in [-0.4, -0.2) is 51.5 Å². The second-order valence-electron chi connectivity index (χ2n) is 5.01. The van der Waals surface area contributed by atoms with Gasteiger partial charge in [0.05, 0.1) is 18.9 Å². The Morgan fingerprint density at radius 2 is 2.00 bits per heavy atom. The third kappa shape index (κ3) is 2.18. The maximum atomic E-state index is 12.8. The van der Waals surface area contributed by atoms with E-state index in [4.69, 9.17) is 4.74 Å². The van der Waals surface area contributed by atoms with Crippen molar-refractivity contribution in [2.45, 2.75) is 0 Å². The monoisotopic (exact) mass is 314 g/mol. The molecule has 0 atom stereocenters. The molecule has 0 spiro atoms. The van der Waals surface area contributed by atoms with Gasteiger partial charge in [-0.2, -0.15) is 0 Å². The lowest BCUT2D eigenvalue weighted by molar-refractivity contribution is 0.0300. The van der Waals surface area contributed by atoms with Crippen molar-refractivity contribution in [1.29, 1.82) is 0 Å².